The summed E-state index contributed by atoms with van der Waals surface area (Å²) in [4.78, 5) is 0. The number of fused-ring (bicyclic) bond motifs is 9. The monoisotopic (exact) mass is 726 g/mol. The van der Waals surface area contributed by atoms with E-state index in [1.165, 1.54) is 66.0 Å². The zero-order valence-corrected chi connectivity index (χ0v) is 30.9. The Hall–Kier alpha value is -7.62. The molecule has 3 heterocycles. The van der Waals surface area contributed by atoms with E-state index in [4.69, 9.17) is 4.42 Å². The maximum Gasteiger partial charge on any atom is 0.159 e. The summed E-state index contributed by atoms with van der Waals surface area (Å²) in [6, 6.07) is 74.4. The highest BCUT2D eigenvalue weighted by molar-refractivity contribution is 6.14. The summed E-state index contributed by atoms with van der Waals surface area (Å²) in [6.07, 6.45) is 0. The average Bonchev–Trinajstić information content (AvgIpc) is 3.94. The quantitative estimate of drug-likeness (QED) is 0.173. The number of para-hydroxylation sites is 4. The van der Waals surface area contributed by atoms with Gasteiger partial charge in [0.15, 0.2) is 5.58 Å². The molecule has 0 amide bonds. The van der Waals surface area contributed by atoms with Crippen LogP contribution in [0.3, 0.4) is 0 Å². The lowest BCUT2D eigenvalue weighted by molar-refractivity contribution is 0.666. The van der Waals surface area contributed by atoms with E-state index in [9.17, 15) is 0 Å². The van der Waals surface area contributed by atoms with E-state index in [-0.39, 0.29) is 0 Å². The van der Waals surface area contributed by atoms with Gasteiger partial charge < -0.3 is 13.6 Å². The van der Waals surface area contributed by atoms with Gasteiger partial charge in [0.05, 0.1) is 27.8 Å². The van der Waals surface area contributed by atoms with E-state index in [0.717, 1.165) is 44.3 Å². The molecule has 0 unspecified atom stereocenters. The summed E-state index contributed by atoms with van der Waals surface area (Å²) < 4.78 is 11.2. The highest BCUT2D eigenvalue weighted by atomic mass is 16.3. The van der Waals surface area contributed by atoms with Crippen molar-refractivity contribution >= 4 is 65.6 Å². The Morgan fingerprint density at radius 1 is 0.281 bits per heavy atom. The summed E-state index contributed by atoms with van der Waals surface area (Å²) in [5.74, 6) is 0. The largest absolute Gasteiger partial charge is 0.454 e. The Bertz CT molecular complexity index is 3490. The maximum atomic E-state index is 6.51. The molecule has 3 nitrogen and oxygen atoms in total. The second-order valence-corrected chi connectivity index (χ2v) is 14.9. The number of benzene rings is 9. The first kappa shape index (κ1) is 31.7. The Kier molecular flexibility index (Phi) is 6.93. The molecule has 0 fully saturated rings. The van der Waals surface area contributed by atoms with E-state index < -0.39 is 0 Å². The topological polar surface area (TPSA) is 23.0 Å². The van der Waals surface area contributed by atoms with Crippen molar-refractivity contribution in [2.24, 2.45) is 0 Å². The molecular formula is C54H34N2O. The van der Waals surface area contributed by atoms with Gasteiger partial charge in [0.25, 0.3) is 0 Å². The van der Waals surface area contributed by atoms with Crippen LogP contribution in [0.4, 0.5) is 0 Å². The second-order valence-electron chi connectivity index (χ2n) is 14.9. The van der Waals surface area contributed by atoms with Gasteiger partial charge in [-0.05, 0) is 94.0 Å². The third-order valence-electron chi connectivity index (χ3n) is 11.8. The molecule has 0 aliphatic carbocycles. The normalized spacial score (nSPS) is 11.9. The van der Waals surface area contributed by atoms with Gasteiger partial charge in [0.2, 0.25) is 0 Å². The lowest BCUT2D eigenvalue weighted by Crippen LogP contribution is -1.94. The molecule has 0 aliphatic heterocycles. The van der Waals surface area contributed by atoms with Crippen molar-refractivity contribution in [2.45, 2.75) is 0 Å². The minimum absolute atomic E-state index is 0.904. The van der Waals surface area contributed by atoms with E-state index in [1.807, 2.05) is 12.1 Å². The Balaban J connectivity index is 0.919. The number of aromatic nitrogens is 2. The molecular weight excluding hydrogens is 693 g/mol. The second kappa shape index (κ2) is 12.5. The molecule has 0 atom stereocenters. The summed E-state index contributed by atoms with van der Waals surface area (Å²) >= 11 is 0. The van der Waals surface area contributed by atoms with Crippen LogP contribution in [0.2, 0.25) is 0 Å². The zero-order chi connectivity index (χ0) is 37.5. The van der Waals surface area contributed by atoms with Gasteiger partial charge in [-0.2, -0.15) is 0 Å². The van der Waals surface area contributed by atoms with Crippen LogP contribution in [0.25, 0.3) is 110 Å². The van der Waals surface area contributed by atoms with Crippen molar-refractivity contribution in [3.05, 3.63) is 206 Å². The molecule has 0 N–H and O–H groups in total. The highest BCUT2D eigenvalue weighted by Crippen LogP contribution is 2.40. The predicted octanol–water partition coefficient (Wildman–Crippen LogP) is 14.8. The van der Waals surface area contributed by atoms with Gasteiger partial charge in [-0.3, -0.25) is 0 Å². The molecule has 0 saturated heterocycles. The van der Waals surface area contributed by atoms with Crippen LogP contribution in [-0.4, -0.2) is 9.13 Å². The molecule has 9 aromatic carbocycles. The first-order valence-corrected chi connectivity index (χ1v) is 19.5. The highest BCUT2D eigenvalue weighted by Gasteiger charge is 2.18. The molecule has 0 saturated carbocycles. The van der Waals surface area contributed by atoms with Gasteiger partial charge in [-0.15, -0.1) is 0 Å². The predicted molar refractivity (Wildman–Crippen MR) is 239 cm³/mol. The van der Waals surface area contributed by atoms with Crippen molar-refractivity contribution in [1.29, 1.82) is 0 Å². The van der Waals surface area contributed by atoms with Crippen molar-refractivity contribution in [2.75, 3.05) is 0 Å². The molecule has 266 valence electrons. The summed E-state index contributed by atoms with van der Waals surface area (Å²) in [5.41, 5.74) is 16.0. The Labute approximate surface area is 328 Å². The zero-order valence-electron chi connectivity index (χ0n) is 30.9. The van der Waals surface area contributed by atoms with Crippen LogP contribution >= 0.6 is 0 Å². The minimum atomic E-state index is 0.904. The van der Waals surface area contributed by atoms with Crippen molar-refractivity contribution < 1.29 is 4.42 Å². The smallest absolute Gasteiger partial charge is 0.159 e. The first-order valence-electron chi connectivity index (χ1n) is 19.5. The van der Waals surface area contributed by atoms with E-state index in [1.54, 1.807) is 0 Å². The standard InChI is InChI=1S/C54H34N2O/c1-2-11-35(12-3-1)36-25-29-41(30-26-36)55-48-17-7-4-13-42(48)46-33-39(27-31-50(46)55)37-21-23-38(24-22-37)40-28-32-51-47(34-40)43-14-5-8-18-49(43)56(51)52-19-10-16-45-44-15-6-9-20-53(44)57-54(45)52/h1-34H. The lowest BCUT2D eigenvalue weighted by Gasteiger charge is -2.10. The van der Waals surface area contributed by atoms with Gasteiger partial charge in [0, 0.05) is 38.0 Å². The third-order valence-corrected chi connectivity index (χ3v) is 11.8. The molecule has 12 rings (SSSR count). The molecule has 0 bridgehead atoms. The maximum absolute atomic E-state index is 6.51. The number of furan rings is 1. The first-order chi connectivity index (χ1) is 28.3. The van der Waals surface area contributed by atoms with E-state index >= 15 is 0 Å². The Morgan fingerprint density at radius 2 is 0.737 bits per heavy atom. The molecule has 0 radical (unpaired) electrons. The van der Waals surface area contributed by atoms with Crippen LogP contribution in [-0.2, 0) is 0 Å². The fraction of sp³-hybridized carbons (Fsp3) is 0. The molecule has 0 aliphatic rings. The van der Waals surface area contributed by atoms with Crippen molar-refractivity contribution in [3.63, 3.8) is 0 Å². The van der Waals surface area contributed by atoms with Gasteiger partial charge in [0.1, 0.15) is 5.58 Å². The van der Waals surface area contributed by atoms with E-state index in [2.05, 4.69) is 203 Å². The number of hydrogen-bond acceptors (Lipinski definition) is 1. The third kappa shape index (κ3) is 4.92. The minimum Gasteiger partial charge on any atom is -0.454 e. The summed E-state index contributed by atoms with van der Waals surface area (Å²) in [5, 5.41) is 7.21. The van der Waals surface area contributed by atoms with Gasteiger partial charge in [-0.25, -0.2) is 0 Å². The fourth-order valence-electron chi connectivity index (χ4n) is 9.04. The molecule has 3 heteroatoms. The van der Waals surface area contributed by atoms with Crippen LogP contribution in [0, 0.1) is 0 Å². The SMILES string of the molecule is c1ccc(-c2ccc(-n3c4ccccc4c4cc(-c5ccc(-c6ccc7c(c6)c6ccccc6n7-c6cccc7c6oc6ccccc67)cc5)ccc43)cc2)cc1. The number of hydrogen-bond donors (Lipinski definition) is 0. The van der Waals surface area contributed by atoms with Crippen LogP contribution in [0.15, 0.2) is 211 Å². The average molecular weight is 727 g/mol. The van der Waals surface area contributed by atoms with Gasteiger partial charge >= 0.3 is 0 Å². The van der Waals surface area contributed by atoms with Crippen LogP contribution < -0.4 is 0 Å². The molecule has 12 aromatic rings. The van der Waals surface area contributed by atoms with Crippen LogP contribution in [0.5, 0.6) is 0 Å². The Morgan fingerprint density at radius 3 is 1.40 bits per heavy atom. The molecule has 3 aromatic heterocycles. The fourth-order valence-corrected chi connectivity index (χ4v) is 9.04. The van der Waals surface area contributed by atoms with Crippen molar-refractivity contribution in [3.8, 4) is 44.8 Å². The number of rotatable bonds is 5. The van der Waals surface area contributed by atoms with Gasteiger partial charge in [-0.1, -0.05) is 146 Å². The van der Waals surface area contributed by atoms with Crippen molar-refractivity contribution in [1.82, 2.24) is 9.13 Å². The molecule has 0 spiro atoms. The van der Waals surface area contributed by atoms with Crippen LogP contribution in [0.1, 0.15) is 0 Å². The summed E-state index contributed by atoms with van der Waals surface area (Å²) in [6.45, 7) is 0. The molecule has 57 heavy (non-hydrogen) atoms. The number of nitrogens with zero attached hydrogens (tertiary/aromatic N) is 2. The lowest BCUT2D eigenvalue weighted by atomic mass is 9.98. The van der Waals surface area contributed by atoms with E-state index in [0.29, 0.717) is 0 Å². The summed E-state index contributed by atoms with van der Waals surface area (Å²) in [7, 11) is 0.